The van der Waals surface area contributed by atoms with Gasteiger partial charge in [-0.1, -0.05) is 49.7 Å². The number of aryl methyl sites for hydroxylation is 2. The molecular weight excluding hydrogens is 422 g/mol. The van der Waals surface area contributed by atoms with Crippen LogP contribution in [0.15, 0.2) is 59.5 Å². The van der Waals surface area contributed by atoms with Gasteiger partial charge in [-0.25, -0.2) is 23.1 Å². The number of aromatic nitrogens is 3. The van der Waals surface area contributed by atoms with Crippen molar-refractivity contribution in [2.24, 2.45) is 0 Å². The summed E-state index contributed by atoms with van der Waals surface area (Å²) in [6, 6.07) is 16.4. The molecule has 3 N–H and O–H groups in total. The Morgan fingerprint density at radius 1 is 0.969 bits per heavy atom. The van der Waals surface area contributed by atoms with Crippen molar-refractivity contribution in [3.8, 4) is 0 Å². The first-order chi connectivity index (χ1) is 15.5. The number of hydrogen-bond acceptors (Lipinski definition) is 5. The van der Waals surface area contributed by atoms with E-state index >= 15 is 0 Å². The molecule has 0 radical (unpaired) electrons. The number of pyridine rings is 1. The zero-order valence-corrected chi connectivity index (χ0v) is 19.1. The van der Waals surface area contributed by atoms with E-state index in [2.05, 4.69) is 27.3 Å². The number of nitrogens with one attached hydrogen (secondary N) is 1. The minimum absolute atomic E-state index is 0.289. The largest absolute Gasteiger partial charge is 0.382 e. The summed E-state index contributed by atoms with van der Waals surface area (Å²) in [6.07, 6.45) is 4.54. The minimum Gasteiger partial charge on any atom is -0.382 e. The summed E-state index contributed by atoms with van der Waals surface area (Å²) in [5.41, 5.74) is 8.87. The molecule has 2 aromatic heterocycles. The van der Waals surface area contributed by atoms with E-state index in [-0.39, 0.29) is 4.90 Å². The third-order valence-electron chi connectivity index (χ3n) is 5.60. The molecule has 0 unspecified atom stereocenters. The second kappa shape index (κ2) is 9.67. The Kier molecular flexibility index (Phi) is 6.72. The highest BCUT2D eigenvalue weighted by Gasteiger charge is 2.17. The van der Waals surface area contributed by atoms with Gasteiger partial charge in [0.2, 0.25) is 10.0 Å². The van der Waals surface area contributed by atoms with Gasteiger partial charge in [0.1, 0.15) is 11.3 Å². The molecule has 32 heavy (non-hydrogen) atoms. The topological polar surface area (TPSA) is 103 Å². The Hall–Kier alpha value is -2.97. The fourth-order valence-corrected chi connectivity index (χ4v) is 5.05. The third-order valence-corrected chi connectivity index (χ3v) is 7.07. The fraction of sp³-hybridized carbons (Fsp3) is 0.333. The average Bonchev–Trinajstić information content (AvgIpc) is 3.17. The summed E-state index contributed by atoms with van der Waals surface area (Å²) in [7, 11) is -3.48. The maximum atomic E-state index is 12.4. The molecule has 0 spiro atoms. The molecule has 0 atom stereocenters. The number of sulfonamides is 1. The van der Waals surface area contributed by atoms with E-state index in [1.54, 1.807) is 30.3 Å². The summed E-state index contributed by atoms with van der Waals surface area (Å²) in [5, 5.41) is 1.04. The van der Waals surface area contributed by atoms with Crippen molar-refractivity contribution in [3.63, 3.8) is 0 Å². The first-order valence-corrected chi connectivity index (χ1v) is 12.6. The molecule has 4 aromatic rings. The lowest BCUT2D eigenvalue weighted by atomic mass is 10.2. The van der Waals surface area contributed by atoms with Gasteiger partial charge in [0.05, 0.1) is 15.9 Å². The normalized spacial score (nSPS) is 12.0. The fourth-order valence-electron chi connectivity index (χ4n) is 3.96. The van der Waals surface area contributed by atoms with E-state index in [1.807, 2.05) is 18.2 Å². The van der Waals surface area contributed by atoms with Crippen LogP contribution in [-0.2, 0) is 23.0 Å². The number of benzene rings is 2. The molecule has 0 fully saturated rings. The van der Waals surface area contributed by atoms with Crippen molar-refractivity contribution in [2.75, 3.05) is 12.3 Å². The van der Waals surface area contributed by atoms with Gasteiger partial charge in [0.15, 0.2) is 5.82 Å². The van der Waals surface area contributed by atoms with Gasteiger partial charge in [0.25, 0.3) is 0 Å². The molecule has 8 heteroatoms. The van der Waals surface area contributed by atoms with Crippen molar-refractivity contribution in [3.05, 3.63) is 60.4 Å². The molecular formula is C24H29N5O2S. The number of nitrogen functional groups attached to an aromatic ring is 1. The number of unbranched alkanes of at least 4 members (excludes halogenated alkanes) is 2. The van der Waals surface area contributed by atoms with E-state index in [0.29, 0.717) is 12.4 Å². The predicted molar refractivity (Wildman–Crippen MR) is 129 cm³/mol. The van der Waals surface area contributed by atoms with Crippen LogP contribution in [0.3, 0.4) is 0 Å². The monoisotopic (exact) mass is 451 g/mol. The lowest BCUT2D eigenvalue weighted by Gasteiger charge is -2.11. The number of imidazole rings is 1. The molecule has 0 bridgehead atoms. The van der Waals surface area contributed by atoms with Gasteiger partial charge in [-0.2, -0.15) is 0 Å². The molecule has 0 amide bonds. The summed E-state index contributed by atoms with van der Waals surface area (Å²) in [5.74, 6) is 1.46. The number of nitrogens with zero attached hydrogens (tertiary/aromatic N) is 3. The quantitative estimate of drug-likeness (QED) is 0.351. The Morgan fingerprint density at radius 2 is 1.72 bits per heavy atom. The van der Waals surface area contributed by atoms with Crippen molar-refractivity contribution < 1.29 is 8.42 Å². The first-order valence-electron chi connectivity index (χ1n) is 11.1. The average molecular weight is 452 g/mol. The Labute approximate surface area is 188 Å². The second-order valence-corrected chi connectivity index (χ2v) is 9.68. The van der Waals surface area contributed by atoms with Gasteiger partial charge in [0, 0.05) is 24.9 Å². The molecule has 168 valence electrons. The molecule has 7 nitrogen and oxygen atoms in total. The molecule has 0 saturated heterocycles. The van der Waals surface area contributed by atoms with E-state index in [1.165, 1.54) is 0 Å². The summed E-state index contributed by atoms with van der Waals surface area (Å²) in [6.45, 7) is 3.30. The Balaban J connectivity index is 1.53. The zero-order chi connectivity index (χ0) is 22.6. The lowest BCUT2D eigenvalue weighted by molar-refractivity contribution is 0.561. The molecule has 0 aliphatic carbocycles. The number of rotatable bonds is 10. The number of hydrogen-bond donors (Lipinski definition) is 2. The number of fused-ring (bicyclic) bond motifs is 3. The smallest absolute Gasteiger partial charge is 0.240 e. The number of nitrogens with two attached hydrogens (primary N) is 1. The van der Waals surface area contributed by atoms with Crippen LogP contribution < -0.4 is 10.5 Å². The predicted octanol–water partition coefficient (Wildman–Crippen LogP) is 4.27. The van der Waals surface area contributed by atoms with E-state index in [4.69, 9.17) is 10.7 Å². The third kappa shape index (κ3) is 4.61. The molecule has 2 heterocycles. The second-order valence-electron chi connectivity index (χ2n) is 7.91. The van der Waals surface area contributed by atoms with E-state index in [0.717, 1.165) is 66.4 Å². The maximum absolute atomic E-state index is 12.4. The highest BCUT2D eigenvalue weighted by atomic mass is 32.2. The molecule has 4 rings (SSSR count). The molecule has 0 saturated carbocycles. The van der Waals surface area contributed by atoms with Crippen LogP contribution in [0.5, 0.6) is 0 Å². The van der Waals surface area contributed by atoms with Crippen molar-refractivity contribution in [2.45, 2.75) is 50.5 Å². The highest BCUT2D eigenvalue weighted by molar-refractivity contribution is 7.89. The van der Waals surface area contributed by atoms with Crippen LogP contribution in [0, 0.1) is 0 Å². The van der Waals surface area contributed by atoms with Crippen molar-refractivity contribution in [1.29, 1.82) is 0 Å². The van der Waals surface area contributed by atoms with Crippen molar-refractivity contribution in [1.82, 2.24) is 19.3 Å². The van der Waals surface area contributed by atoms with Crippen LogP contribution in [-0.4, -0.2) is 29.5 Å². The zero-order valence-electron chi connectivity index (χ0n) is 18.3. The van der Waals surface area contributed by atoms with Gasteiger partial charge in [-0.05, 0) is 37.5 Å². The highest BCUT2D eigenvalue weighted by Crippen LogP contribution is 2.29. The van der Waals surface area contributed by atoms with E-state index in [9.17, 15) is 8.42 Å². The molecule has 2 aromatic carbocycles. The minimum atomic E-state index is -3.48. The Bertz CT molecular complexity index is 1320. The Morgan fingerprint density at radius 3 is 2.50 bits per heavy atom. The summed E-state index contributed by atoms with van der Waals surface area (Å²) >= 11 is 0. The van der Waals surface area contributed by atoms with Gasteiger partial charge in [-0.3, -0.25) is 0 Å². The summed E-state index contributed by atoms with van der Waals surface area (Å²) in [4.78, 5) is 9.66. The van der Waals surface area contributed by atoms with Crippen LogP contribution in [0.25, 0.3) is 21.9 Å². The lowest BCUT2D eigenvalue weighted by Crippen LogP contribution is -2.25. The molecule has 0 aliphatic rings. The SMILES string of the molecule is CCCCc1nc2c(N)nc3ccccc3c2n1CCCCNS(=O)(=O)c1ccccc1. The molecule has 0 aliphatic heterocycles. The standard InChI is InChI=1S/C24H29N5O2S/c1-2-3-15-21-28-22-23(19-13-7-8-14-20(19)27-24(22)25)29(21)17-10-9-16-26-32(30,31)18-11-5-4-6-12-18/h4-8,11-14,26H,2-3,9-10,15-17H2,1H3,(H2,25,27). The van der Waals surface area contributed by atoms with Crippen LogP contribution >= 0.6 is 0 Å². The summed E-state index contributed by atoms with van der Waals surface area (Å²) < 4.78 is 29.8. The maximum Gasteiger partial charge on any atom is 0.240 e. The first kappa shape index (κ1) is 22.2. The van der Waals surface area contributed by atoms with Crippen LogP contribution in [0.4, 0.5) is 5.82 Å². The van der Waals surface area contributed by atoms with Crippen LogP contribution in [0.2, 0.25) is 0 Å². The van der Waals surface area contributed by atoms with Gasteiger partial charge < -0.3 is 10.3 Å². The van der Waals surface area contributed by atoms with Gasteiger partial charge >= 0.3 is 0 Å². The number of para-hydroxylation sites is 1. The van der Waals surface area contributed by atoms with E-state index < -0.39 is 10.0 Å². The van der Waals surface area contributed by atoms with Gasteiger partial charge in [-0.15, -0.1) is 0 Å². The number of anilines is 1. The van der Waals surface area contributed by atoms with Crippen LogP contribution in [0.1, 0.15) is 38.4 Å². The van der Waals surface area contributed by atoms with Crippen molar-refractivity contribution >= 4 is 37.8 Å².